The molecule has 1 aliphatic heterocycles. The molecule has 0 saturated heterocycles. The standard InChI is InChI=1S/C7H12N2.CH4/c1-3-4-9-6-5-8(2)7-9;/h3,5-6H,1,4,7H2,2H3;1H4. The number of rotatable bonds is 2. The molecule has 0 aromatic heterocycles. The summed E-state index contributed by atoms with van der Waals surface area (Å²) in [6, 6.07) is 0. The summed E-state index contributed by atoms with van der Waals surface area (Å²) in [6.07, 6.45) is 6.04. The molecule has 0 spiro atoms. The molecule has 2 heteroatoms. The summed E-state index contributed by atoms with van der Waals surface area (Å²) in [5.74, 6) is 0. The molecule has 0 atom stereocenters. The zero-order valence-electron chi connectivity index (χ0n) is 5.75. The molecule has 0 N–H and O–H groups in total. The van der Waals surface area contributed by atoms with Crippen LogP contribution in [0.5, 0.6) is 0 Å². The van der Waals surface area contributed by atoms with Gasteiger partial charge in [0.1, 0.15) is 0 Å². The molecule has 0 unspecified atom stereocenters. The fraction of sp³-hybridized carbons (Fsp3) is 0.500. The molecule has 0 aliphatic carbocycles. The van der Waals surface area contributed by atoms with Crippen LogP contribution < -0.4 is 0 Å². The van der Waals surface area contributed by atoms with Gasteiger partial charge in [0.2, 0.25) is 0 Å². The fourth-order valence-electron chi connectivity index (χ4n) is 0.873. The van der Waals surface area contributed by atoms with Gasteiger partial charge in [-0.05, 0) is 0 Å². The second-order valence-electron chi connectivity index (χ2n) is 2.26. The lowest BCUT2D eigenvalue weighted by molar-refractivity contribution is 0.318. The van der Waals surface area contributed by atoms with Gasteiger partial charge in [0, 0.05) is 26.0 Å². The Morgan fingerprint density at radius 3 is 2.70 bits per heavy atom. The van der Waals surface area contributed by atoms with Gasteiger partial charge in [-0.2, -0.15) is 0 Å². The molecule has 58 valence electrons. The van der Waals surface area contributed by atoms with Crippen LogP contribution in [0.25, 0.3) is 0 Å². The van der Waals surface area contributed by atoms with Crippen molar-refractivity contribution in [2.75, 3.05) is 20.3 Å². The third kappa shape index (κ3) is 2.13. The smallest absolute Gasteiger partial charge is 0.0894 e. The van der Waals surface area contributed by atoms with E-state index in [1.807, 2.05) is 6.08 Å². The van der Waals surface area contributed by atoms with Crippen LogP contribution in [0.15, 0.2) is 25.1 Å². The second kappa shape index (κ2) is 3.99. The lowest BCUT2D eigenvalue weighted by Crippen LogP contribution is -2.21. The molecule has 0 bridgehead atoms. The number of hydrogen-bond acceptors (Lipinski definition) is 2. The van der Waals surface area contributed by atoms with Crippen molar-refractivity contribution in [1.82, 2.24) is 9.80 Å². The minimum atomic E-state index is 0. The maximum absolute atomic E-state index is 3.66. The number of hydrogen-bond donors (Lipinski definition) is 0. The van der Waals surface area contributed by atoms with Crippen molar-refractivity contribution in [1.29, 1.82) is 0 Å². The molecular formula is C8H16N2. The zero-order chi connectivity index (χ0) is 6.69. The Morgan fingerprint density at radius 2 is 2.30 bits per heavy atom. The van der Waals surface area contributed by atoms with Gasteiger partial charge in [0.05, 0.1) is 6.67 Å². The van der Waals surface area contributed by atoms with Crippen molar-refractivity contribution in [3.05, 3.63) is 25.1 Å². The normalized spacial score (nSPS) is 15.3. The Morgan fingerprint density at radius 1 is 1.60 bits per heavy atom. The summed E-state index contributed by atoms with van der Waals surface area (Å²) >= 11 is 0. The molecule has 1 aliphatic rings. The highest BCUT2D eigenvalue weighted by Crippen LogP contribution is 2.01. The Labute approximate surface area is 63.4 Å². The molecule has 0 radical (unpaired) electrons. The summed E-state index contributed by atoms with van der Waals surface area (Å²) in [4.78, 5) is 4.32. The molecule has 1 heterocycles. The zero-order valence-corrected chi connectivity index (χ0v) is 5.75. The van der Waals surface area contributed by atoms with Crippen LogP contribution in [0, 0.1) is 0 Å². The molecule has 2 nitrogen and oxygen atoms in total. The minimum absolute atomic E-state index is 0. The van der Waals surface area contributed by atoms with Gasteiger partial charge in [0.25, 0.3) is 0 Å². The quantitative estimate of drug-likeness (QED) is 0.536. The van der Waals surface area contributed by atoms with E-state index in [1.54, 1.807) is 0 Å². The van der Waals surface area contributed by atoms with Gasteiger partial charge in [-0.3, -0.25) is 0 Å². The van der Waals surface area contributed by atoms with Crippen LogP contribution in [-0.4, -0.2) is 30.1 Å². The molecule has 1 rings (SSSR count). The van der Waals surface area contributed by atoms with E-state index < -0.39 is 0 Å². The van der Waals surface area contributed by atoms with E-state index in [9.17, 15) is 0 Å². The van der Waals surface area contributed by atoms with Crippen molar-refractivity contribution < 1.29 is 0 Å². The average Bonchev–Trinajstić information content (AvgIpc) is 2.17. The molecule has 0 fully saturated rings. The molecule has 0 saturated carbocycles. The van der Waals surface area contributed by atoms with Gasteiger partial charge in [-0.25, -0.2) is 0 Å². The number of nitrogens with zero attached hydrogens (tertiary/aromatic N) is 2. The van der Waals surface area contributed by atoms with Crippen LogP contribution in [0.1, 0.15) is 7.43 Å². The van der Waals surface area contributed by atoms with Gasteiger partial charge in [-0.15, -0.1) is 6.58 Å². The molecule has 10 heavy (non-hydrogen) atoms. The van der Waals surface area contributed by atoms with E-state index in [0.29, 0.717) is 0 Å². The van der Waals surface area contributed by atoms with Crippen molar-refractivity contribution >= 4 is 0 Å². The molecular weight excluding hydrogens is 124 g/mol. The minimum Gasteiger partial charge on any atom is -0.362 e. The van der Waals surface area contributed by atoms with E-state index in [4.69, 9.17) is 0 Å². The van der Waals surface area contributed by atoms with Crippen LogP contribution in [0.2, 0.25) is 0 Å². The van der Waals surface area contributed by atoms with Crippen LogP contribution in [0.4, 0.5) is 0 Å². The monoisotopic (exact) mass is 140 g/mol. The highest BCUT2D eigenvalue weighted by atomic mass is 15.3. The predicted octanol–water partition coefficient (Wildman–Crippen LogP) is 1.48. The van der Waals surface area contributed by atoms with E-state index in [0.717, 1.165) is 13.2 Å². The Kier molecular flexibility index (Phi) is 3.62. The first-order chi connectivity index (χ1) is 4.33. The van der Waals surface area contributed by atoms with Crippen LogP contribution >= 0.6 is 0 Å². The van der Waals surface area contributed by atoms with Gasteiger partial charge in [0.15, 0.2) is 0 Å². The molecule has 0 aromatic carbocycles. The van der Waals surface area contributed by atoms with E-state index in [2.05, 4.69) is 35.8 Å². The van der Waals surface area contributed by atoms with Crippen LogP contribution in [-0.2, 0) is 0 Å². The maximum Gasteiger partial charge on any atom is 0.0894 e. The van der Waals surface area contributed by atoms with Crippen molar-refractivity contribution in [3.63, 3.8) is 0 Å². The molecule has 0 aromatic rings. The topological polar surface area (TPSA) is 6.48 Å². The van der Waals surface area contributed by atoms with Gasteiger partial charge in [-0.1, -0.05) is 13.5 Å². The highest BCUT2D eigenvalue weighted by Gasteiger charge is 2.04. The highest BCUT2D eigenvalue weighted by molar-refractivity contribution is 4.91. The second-order valence-corrected chi connectivity index (χ2v) is 2.26. The largest absolute Gasteiger partial charge is 0.362 e. The summed E-state index contributed by atoms with van der Waals surface area (Å²) in [5.41, 5.74) is 0. The Bertz CT molecular complexity index is 129. The summed E-state index contributed by atoms with van der Waals surface area (Å²) in [6.45, 7) is 5.59. The first-order valence-electron chi connectivity index (χ1n) is 3.06. The Hall–Kier alpha value is -0.920. The summed E-state index contributed by atoms with van der Waals surface area (Å²) in [7, 11) is 2.06. The molecule has 0 amide bonds. The Balaban J connectivity index is 0.000000810. The fourth-order valence-corrected chi connectivity index (χ4v) is 0.873. The first kappa shape index (κ1) is 9.08. The van der Waals surface area contributed by atoms with Gasteiger partial charge < -0.3 is 9.80 Å². The first-order valence-corrected chi connectivity index (χ1v) is 3.06. The third-order valence-electron chi connectivity index (χ3n) is 1.30. The predicted molar refractivity (Wildman–Crippen MR) is 45.4 cm³/mol. The van der Waals surface area contributed by atoms with E-state index >= 15 is 0 Å². The van der Waals surface area contributed by atoms with E-state index in [1.165, 1.54) is 0 Å². The third-order valence-corrected chi connectivity index (χ3v) is 1.30. The summed E-state index contributed by atoms with van der Waals surface area (Å²) < 4.78 is 0. The van der Waals surface area contributed by atoms with Crippen LogP contribution in [0.3, 0.4) is 0 Å². The maximum atomic E-state index is 3.66. The van der Waals surface area contributed by atoms with Crippen molar-refractivity contribution in [3.8, 4) is 0 Å². The van der Waals surface area contributed by atoms with Crippen molar-refractivity contribution in [2.24, 2.45) is 0 Å². The lowest BCUT2D eigenvalue weighted by Gasteiger charge is -2.15. The summed E-state index contributed by atoms with van der Waals surface area (Å²) in [5, 5.41) is 0. The van der Waals surface area contributed by atoms with Gasteiger partial charge >= 0.3 is 0 Å². The van der Waals surface area contributed by atoms with E-state index in [-0.39, 0.29) is 7.43 Å². The lowest BCUT2D eigenvalue weighted by atomic mass is 10.6. The van der Waals surface area contributed by atoms with Crippen molar-refractivity contribution in [2.45, 2.75) is 7.43 Å². The average molecular weight is 140 g/mol. The SMILES string of the molecule is C.C=CCN1C=CN(C)C1.